The largest absolute Gasteiger partial charge is 0.425 e. The van der Waals surface area contributed by atoms with Crippen LogP contribution in [0.4, 0.5) is 17.6 Å². The molecule has 1 heterocycles. The molecule has 1 amide bonds. The zero-order valence-corrected chi connectivity index (χ0v) is 9.87. The molecule has 1 N–H and O–H groups in total. The van der Waals surface area contributed by atoms with Gasteiger partial charge < -0.3 is 5.32 Å². The maximum Gasteiger partial charge on any atom is 0.425 e. The highest BCUT2D eigenvalue weighted by molar-refractivity contribution is 8.00. The lowest BCUT2D eigenvalue weighted by molar-refractivity contribution is -0.175. The maximum absolute atomic E-state index is 13.2. The molecule has 18 heavy (non-hydrogen) atoms. The van der Waals surface area contributed by atoms with Gasteiger partial charge in [0, 0.05) is 12.2 Å². The molecule has 1 saturated heterocycles. The van der Waals surface area contributed by atoms with E-state index in [1.54, 1.807) is 0 Å². The molecule has 2 rings (SSSR count). The average molecular weight is 279 g/mol. The molecule has 1 aliphatic rings. The minimum Gasteiger partial charge on any atom is -0.330 e. The summed E-state index contributed by atoms with van der Waals surface area (Å²) >= 11 is 0.601. The summed E-state index contributed by atoms with van der Waals surface area (Å²) < 4.78 is 52.5. The fraction of sp³-hybridized carbons (Fsp3) is 0.364. The van der Waals surface area contributed by atoms with E-state index in [-0.39, 0.29) is 17.7 Å². The van der Waals surface area contributed by atoms with Crippen LogP contribution in [0.2, 0.25) is 0 Å². The topological polar surface area (TPSA) is 29.1 Å². The predicted molar refractivity (Wildman–Crippen MR) is 59.4 cm³/mol. The Morgan fingerprint density at radius 1 is 1.22 bits per heavy atom. The van der Waals surface area contributed by atoms with Crippen LogP contribution in [0.5, 0.6) is 0 Å². The monoisotopic (exact) mass is 279 g/mol. The second-order valence-corrected chi connectivity index (χ2v) is 5.14. The number of carbonyl (C=O) groups excluding carboxylic acids is 1. The van der Waals surface area contributed by atoms with Gasteiger partial charge in [0.2, 0.25) is 10.8 Å². The molecule has 7 heteroatoms. The summed E-state index contributed by atoms with van der Waals surface area (Å²) in [7, 11) is 0. The van der Waals surface area contributed by atoms with Gasteiger partial charge in [0.15, 0.2) is 0 Å². The highest BCUT2D eigenvalue weighted by Crippen LogP contribution is 2.49. The summed E-state index contributed by atoms with van der Waals surface area (Å²) in [6.45, 7) is 0. The third-order valence-electron chi connectivity index (χ3n) is 2.61. The Hall–Kier alpha value is -1.24. The van der Waals surface area contributed by atoms with Crippen LogP contribution in [0.3, 0.4) is 0 Å². The van der Waals surface area contributed by atoms with Crippen LogP contribution in [0.25, 0.3) is 0 Å². The minimum atomic E-state index is -4.65. The van der Waals surface area contributed by atoms with Crippen LogP contribution in [0, 0.1) is 5.82 Å². The van der Waals surface area contributed by atoms with Crippen molar-refractivity contribution in [1.29, 1.82) is 0 Å². The van der Waals surface area contributed by atoms with Crippen molar-refractivity contribution < 1.29 is 22.4 Å². The third kappa shape index (κ3) is 2.19. The molecule has 1 fully saturated rings. The molecule has 0 spiro atoms. The fourth-order valence-electron chi connectivity index (χ4n) is 1.75. The highest BCUT2D eigenvalue weighted by atomic mass is 32.2. The summed E-state index contributed by atoms with van der Waals surface area (Å²) in [6, 6.07) is 3.98. The van der Waals surface area contributed by atoms with E-state index in [0.29, 0.717) is 11.8 Å². The van der Waals surface area contributed by atoms with Gasteiger partial charge in [-0.15, -0.1) is 11.8 Å². The van der Waals surface area contributed by atoms with E-state index in [1.807, 2.05) is 5.32 Å². The van der Waals surface area contributed by atoms with Crippen LogP contribution in [0.1, 0.15) is 12.0 Å². The van der Waals surface area contributed by atoms with Crippen LogP contribution in [-0.4, -0.2) is 17.8 Å². The SMILES string of the molecule is O=C1CCSC(c2ccc(F)cc2)(C(F)(F)F)N1. The van der Waals surface area contributed by atoms with Crippen molar-refractivity contribution in [2.45, 2.75) is 17.5 Å². The Bertz CT molecular complexity index is 459. The smallest absolute Gasteiger partial charge is 0.330 e. The molecule has 1 aliphatic heterocycles. The zero-order chi connectivity index (χ0) is 13.4. The van der Waals surface area contributed by atoms with Gasteiger partial charge in [0.05, 0.1) is 0 Å². The van der Waals surface area contributed by atoms with Gasteiger partial charge in [-0.1, -0.05) is 12.1 Å². The van der Waals surface area contributed by atoms with Crippen molar-refractivity contribution in [3.8, 4) is 0 Å². The summed E-state index contributed by atoms with van der Waals surface area (Å²) in [6.07, 6.45) is -4.60. The zero-order valence-electron chi connectivity index (χ0n) is 9.05. The summed E-state index contributed by atoms with van der Waals surface area (Å²) in [5.41, 5.74) is -0.172. The first-order valence-electron chi connectivity index (χ1n) is 5.13. The highest BCUT2D eigenvalue weighted by Gasteiger charge is 2.58. The van der Waals surface area contributed by atoms with Crippen molar-refractivity contribution in [3.63, 3.8) is 0 Å². The second-order valence-electron chi connectivity index (χ2n) is 3.83. The molecule has 0 saturated carbocycles. The summed E-state index contributed by atoms with van der Waals surface area (Å²) in [4.78, 5) is 8.79. The van der Waals surface area contributed by atoms with Gasteiger partial charge in [0.1, 0.15) is 5.82 Å². The lowest BCUT2D eigenvalue weighted by Crippen LogP contribution is -2.56. The quantitative estimate of drug-likeness (QED) is 0.801. The standard InChI is InChI=1S/C11H9F4NOS/c12-8-3-1-7(2-4-8)10(11(13,14)15)16-9(17)5-6-18-10/h1-4H,5-6H2,(H,16,17). The van der Waals surface area contributed by atoms with Gasteiger partial charge in [-0.05, 0) is 17.7 Å². The number of amides is 1. The average Bonchev–Trinajstić information content (AvgIpc) is 2.28. The Labute approximate surface area is 105 Å². The predicted octanol–water partition coefficient (Wildman–Crippen LogP) is 2.79. The van der Waals surface area contributed by atoms with E-state index >= 15 is 0 Å². The van der Waals surface area contributed by atoms with Gasteiger partial charge in [0.25, 0.3) is 0 Å². The molecular weight excluding hydrogens is 270 g/mol. The number of benzene rings is 1. The van der Waals surface area contributed by atoms with E-state index in [9.17, 15) is 22.4 Å². The molecule has 1 aromatic carbocycles. The van der Waals surface area contributed by atoms with Crippen LogP contribution < -0.4 is 5.32 Å². The Kier molecular flexibility index (Phi) is 3.27. The maximum atomic E-state index is 13.2. The van der Waals surface area contributed by atoms with Crippen molar-refractivity contribution in [2.24, 2.45) is 0 Å². The first-order chi connectivity index (χ1) is 8.35. The number of halogens is 4. The van der Waals surface area contributed by atoms with Crippen molar-refractivity contribution in [2.75, 3.05) is 5.75 Å². The van der Waals surface area contributed by atoms with Gasteiger partial charge in [-0.25, -0.2) is 4.39 Å². The number of hydrogen-bond acceptors (Lipinski definition) is 2. The van der Waals surface area contributed by atoms with Crippen molar-refractivity contribution in [3.05, 3.63) is 35.6 Å². The molecular formula is C11H9F4NOS. The second kappa shape index (κ2) is 4.46. The van der Waals surface area contributed by atoms with Gasteiger partial charge >= 0.3 is 6.18 Å². The van der Waals surface area contributed by atoms with E-state index < -0.39 is 22.8 Å². The van der Waals surface area contributed by atoms with Gasteiger partial charge in [-0.3, -0.25) is 4.79 Å². The molecule has 0 aromatic heterocycles. The Morgan fingerprint density at radius 3 is 2.33 bits per heavy atom. The number of alkyl halides is 3. The number of carbonyl (C=O) groups is 1. The summed E-state index contributed by atoms with van der Waals surface area (Å²) in [5, 5.41) is 1.98. The van der Waals surface area contributed by atoms with Crippen molar-refractivity contribution in [1.82, 2.24) is 5.32 Å². The number of rotatable bonds is 1. The van der Waals surface area contributed by atoms with Crippen LogP contribution in [-0.2, 0) is 9.67 Å². The number of nitrogens with one attached hydrogen (secondary N) is 1. The van der Waals surface area contributed by atoms with E-state index in [0.717, 1.165) is 24.3 Å². The van der Waals surface area contributed by atoms with Crippen molar-refractivity contribution >= 4 is 17.7 Å². The molecule has 2 nitrogen and oxygen atoms in total. The molecule has 1 atom stereocenters. The molecule has 0 aliphatic carbocycles. The van der Waals surface area contributed by atoms with Gasteiger partial charge in [-0.2, -0.15) is 13.2 Å². The Balaban J connectivity index is 2.48. The fourth-order valence-corrected chi connectivity index (χ4v) is 2.99. The minimum absolute atomic E-state index is 0.0453. The molecule has 0 radical (unpaired) electrons. The summed E-state index contributed by atoms with van der Waals surface area (Å²) in [5.74, 6) is -1.21. The lowest BCUT2D eigenvalue weighted by atomic mass is 10.0. The molecule has 1 aromatic rings. The molecule has 1 unspecified atom stereocenters. The molecule has 98 valence electrons. The van der Waals surface area contributed by atoms with Crippen LogP contribution in [0.15, 0.2) is 24.3 Å². The van der Waals surface area contributed by atoms with E-state index in [1.165, 1.54) is 0 Å². The Morgan fingerprint density at radius 2 is 1.83 bits per heavy atom. The third-order valence-corrected chi connectivity index (χ3v) is 4.02. The normalized spacial score (nSPS) is 24.8. The molecule has 0 bridgehead atoms. The first kappa shape index (κ1) is 13.2. The number of hydrogen-bond donors (Lipinski definition) is 1. The van der Waals surface area contributed by atoms with Crippen LogP contribution >= 0.6 is 11.8 Å². The van der Waals surface area contributed by atoms with E-state index in [2.05, 4.69) is 0 Å². The number of thioether (sulfide) groups is 1. The van der Waals surface area contributed by atoms with E-state index in [4.69, 9.17) is 0 Å². The first-order valence-corrected chi connectivity index (χ1v) is 6.11. The lowest BCUT2D eigenvalue weighted by Gasteiger charge is -2.39.